The van der Waals surface area contributed by atoms with Gasteiger partial charge in [-0.1, -0.05) is 41.9 Å². The number of hydrogen-bond acceptors (Lipinski definition) is 3. The van der Waals surface area contributed by atoms with Crippen LogP contribution in [0.1, 0.15) is 21.6 Å². The van der Waals surface area contributed by atoms with Gasteiger partial charge in [0.2, 0.25) is 0 Å². The molecule has 0 saturated carbocycles. The zero-order valence-electron chi connectivity index (χ0n) is 13.3. The van der Waals surface area contributed by atoms with Gasteiger partial charge < -0.3 is 0 Å². The molecule has 25 heavy (non-hydrogen) atoms. The molecule has 0 saturated heterocycles. The van der Waals surface area contributed by atoms with Gasteiger partial charge in [-0.3, -0.25) is 14.6 Å². The second-order valence-corrected chi connectivity index (χ2v) is 6.33. The van der Waals surface area contributed by atoms with E-state index < -0.39 is 0 Å². The molecular weight excluding hydrogens is 336 g/mol. The first-order valence-corrected chi connectivity index (χ1v) is 8.29. The van der Waals surface area contributed by atoms with Gasteiger partial charge in [-0.2, -0.15) is 10.2 Å². The summed E-state index contributed by atoms with van der Waals surface area (Å²) in [6.07, 6.45) is 3.87. The number of H-pyrrole nitrogens is 1. The Kier molecular flexibility index (Phi) is 4.07. The molecule has 4 rings (SSSR count). The van der Waals surface area contributed by atoms with Gasteiger partial charge in [0.15, 0.2) is 5.78 Å². The summed E-state index contributed by atoms with van der Waals surface area (Å²) in [4.78, 5) is 12.6. The van der Waals surface area contributed by atoms with Crippen LogP contribution >= 0.6 is 11.6 Å². The number of carbonyl (C=O) groups excluding carboxylic acids is 1. The molecule has 0 unspecified atom stereocenters. The number of aromatic amines is 1. The molecule has 0 fully saturated rings. The molecule has 124 valence electrons. The Balaban J connectivity index is 1.50. The van der Waals surface area contributed by atoms with Crippen molar-refractivity contribution < 1.29 is 4.79 Å². The minimum atomic E-state index is -0.0280. The van der Waals surface area contributed by atoms with Gasteiger partial charge in [0, 0.05) is 23.0 Å². The summed E-state index contributed by atoms with van der Waals surface area (Å²) in [5, 5.41) is 12.9. The molecule has 0 spiro atoms. The van der Waals surface area contributed by atoms with E-state index in [1.54, 1.807) is 10.9 Å². The van der Waals surface area contributed by atoms with Crippen molar-refractivity contribution in [3.8, 4) is 0 Å². The van der Waals surface area contributed by atoms with Crippen LogP contribution in [-0.2, 0) is 13.0 Å². The fourth-order valence-electron chi connectivity index (χ4n) is 2.85. The Morgan fingerprint density at radius 3 is 2.88 bits per heavy atom. The molecule has 1 N–H and O–H groups in total. The van der Waals surface area contributed by atoms with Crippen molar-refractivity contribution in [3.05, 3.63) is 82.8 Å². The van der Waals surface area contributed by atoms with Crippen LogP contribution in [0, 0.1) is 0 Å². The fraction of sp³-hybridized carbons (Fsp3) is 0.105. The number of ketones is 1. The first kappa shape index (κ1) is 15.6. The Hall–Kier alpha value is -2.92. The number of halogens is 1. The van der Waals surface area contributed by atoms with Crippen LogP contribution in [-0.4, -0.2) is 25.8 Å². The van der Waals surface area contributed by atoms with Crippen molar-refractivity contribution in [2.24, 2.45) is 0 Å². The summed E-state index contributed by atoms with van der Waals surface area (Å²) in [6, 6.07) is 15.3. The zero-order valence-corrected chi connectivity index (χ0v) is 14.1. The standard InChI is InChI=1S/C19H15ClN4O/c20-15-5-3-4-13(8-15)11-24-12-14(10-21-24)9-18(25)19-16-6-1-2-7-17(16)22-23-19/h1-8,10,12H,9,11H2,(H,22,23). The van der Waals surface area contributed by atoms with E-state index in [1.807, 2.05) is 54.7 Å². The van der Waals surface area contributed by atoms with Gasteiger partial charge in [0.05, 0.1) is 18.3 Å². The minimum Gasteiger partial charge on any atom is -0.292 e. The van der Waals surface area contributed by atoms with E-state index in [-0.39, 0.29) is 12.2 Å². The lowest BCUT2D eigenvalue weighted by molar-refractivity contribution is 0.0989. The Labute approximate surface area is 149 Å². The number of carbonyl (C=O) groups is 1. The second-order valence-electron chi connectivity index (χ2n) is 5.89. The highest BCUT2D eigenvalue weighted by Gasteiger charge is 2.15. The van der Waals surface area contributed by atoms with E-state index in [0.29, 0.717) is 17.3 Å². The normalized spacial score (nSPS) is 11.1. The number of nitrogens with zero attached hydrogens (tertiary/aromatic N) is 3. The minimum absolute atomic E-state index is 0.0280. The average molecular weight is 351 g/mol. The number of hydrogen-bond donors (Lipinski definition) is 1. The van der Waals surface area contributed by atoms with Crippen LogP contribution in [0.2, 0.25) is 5.02 Å². The zero-order chi connectivity index (χ0) is 17.2. The lowest BCUT2D eigenvalue weighted by atomic mass is 10.1. The highest BCUT2D eigenvalue weighted by molar-refractivity contribution is 6.30. The largest absolute Gasteiger partial charge is 0.292 e. The maximum absolute atomic E-state index is 12.6. The molecule has 0 aliphatic rings. The summed E-state index contributed by atoms with van der Waals surface area (Å²) >= 11 is 6.01. The molecule has 2 heterocycles. The van der Waals surface area contributed by atoms with Crippen molar-refractivity contribution in [1.29, 1.82) is 0 Å². The third kappa shape index (κ3) is 3.32. The van der Waals surface area contributed by atoms with Crippen LogP contribution in [0.25, 0.3) is 10.9 Å². The summed E-state index contributed by atoms with van der Waals surface area (Å²) in [7, 11) is 0. The maximum Gasteiger partial charge on any atom is 0.188 e. The van der Waals surface area contributed by atoms with Crippen molar-refractivity contribution in [2.75, 3.05) is 0 Å². The molecule has 0 amide bonds. The summed E-state index contributed by atoms with van der Waals surface area (Å²) in [5.41, 5.74) is 3.26. The first-order chi connectivity index (χ1) is 12.2. The number of fused-ring (bicyclic) bond motifs is 1. The van der Waals surface area contributed by atoms with E-state index >= 15 is 0 Å². The SMILES string of the molecule is O=C(Cc1cnn(Cc2cccc(Cl)c2)c1)c1n[nH]c2ccccc12. The van der Waals surface area contributed by atoms with Gasteiger partial charge >= 0.3 is 0 Å². The molecule has 6 heteroatoms. The summed E-state index contributed by atoms with van der Waals surface area (Å²) in [6.45, 7) is 0.611. The molecular formula is C19H15ClN4O. The molecule has 0 bridgehead atoms. The smallest absolute Gasteiger partial charge is 0.188 e. The highest BCUT2D eigenvalue weighted by Crippen LogP contribution is 2.17. The highest BCUT2D eigenvalue weighted by atomic mass is 35.5. The molecule has 5 nitrogen and oxygen atoms in total. The molecule has 0 aliphatic carbocycles. The topological polar surface area (TPSA) is 63.6 Å². The van der Waals surface area contributed by atoms with Crippen molar-refractivity contribution in [1.82, 2.24) is 20.0 Å². The molecule has 0 radical (unpaired) electrons. The van der Waals surface area contributed by atoms with Gasteiger partial charge in [0.1, 0.15) is 5.69 Å². The van der Waals surface area contributed by atoms with Gasteiger partial charge in [-0.15, -0.1) is 0 Å². The maximum atomic E-state index is 12.6. The van der Waals surface area contributed by atoms with E-state index in [0.717, 1.165) is 22.0 Å². The van der Waals surface area contributed by atoms with E-state index in [4.69, 9.17) is 11.6 Å². The predicted molar refractivity (Wildman–Crippen MR) is 96.9 cm³/mol. The van der Waals surface area contributed by atoms with Crippen LogP contribution < -0.4 is 0 Å². The molecule has 2 aromatic carbocycles. The second kappa shape index (κ2) is 6.53. The van der Waals surface area contributed by atoms with Crippen LogP contribution in [0.3, 0.4) is 0 Å². The Morgan fingerprint density at radius 1 is 1.12 bits per heavy atom. The van der Waals surface area contributed by atoms with Gasteiger partial charge in [0.25, 0.3) is 0 Å². The third-order valence-corrected chi connectivity index (χ3v) is 4.25. The number of para-hydroxylation sites is 1. The summed E-state index contributed by atoms with van der Waals surface area (Å²) in [5.74, 6) is -0.0280. The van der Waals surface area contributed by atoms with Gasteiger partial charge in [-0.25, -0.2) is 0 Å². The van der Waals surface area contributed by atoms with Crippen molar-refractivity contribution in [2.45, 2.75) is 13.0 Å². The van der Waals surface area contributed by atoms with E-state index in [2.05, 4.69) is 15.3 Å². The van der Waals surface area contributed by atoms with Crippen LogP contribution in [0.5, 0.6) is 0 Å². The predicted octanol–water partition coefficient (Wildman–Crippen LogP) is 3.89. The Morgan fingerprint density at radius 2 is 2.00 bits per heavy atom. The van der Waals surface area contributed by atoms with E-state index in [1.165, 1.54) is 0 Å². The summed E-state index contributed by atoms with van der Waals surface area (Å²) < 4.78 is 1.80. The van der Waals surface area contributed by atoms with Crippen LogP contribution in [0.4, 0.5) is 0 Å². The number of Topliss-reactive ketones (excluding diaryl/α,β-unsaturated/α-hetero) is 1. The van der Waals surface area contributed by atoms with Gasteiger partial charge in [-0.05, 0) is 29.3 Å². The quantitative estimate of drug-likeness (QED) is 0.555. The number of rotatable bonds is 5. The molecule has 0 atom stereocenters. The first-order valence-electron chi connectivity index (χ1n) is 7.91. The van der Waals surface area contributed by atoms with Crippen molar-refractivity contribution >= 4 is 28.3 Å². The van der Waals surface area contributed by atoms with E-state index in [9.17, 15) is 4.79 Å². The fourth-order valence-corrected chi connectivity index (χ4v) is 3.06. The molecule has 4 aromatic rings. The Bertz CT molecular complexity index is 1050. The number of nitrogens with one attached hydrogen (secondary N) is 1. The lowest BCUT2D eigenvalue weighted by Gasteiger charge is -2.02. The average Bonchev–Trinajstić information content (AvgIpc) is 3.21. The van der Waals surface area contributed by atoms with Crippen molar-refractivity contribution in [3.63, 3.8) is 0 Å². The molecule has 0 aliphatic heterocycles. The lowest BCUT2D eigenvalue weighted by Crippen LogP contribution is -2.04. The molecule has 2 aromatic heterocycles. The monoisotopic (exact) mass is 350 g/mol. The third-order valence-electron chi connectivity index (χ3n) is 4.02. The van der Waals surface area contributed by atoms with Crippen LogP contribution in [0.15, 0.2) is 60.9 Å². The number of aromatic nitrogens is 4. The number of benzene rings is 2.